The Labute approximate surface area is 151 Å². The Morgan fingerprint density at radius 2 is 1.96 bits per heavy atom. The molecule has 6 nitrogen and oxygen atoms in total. The third kappa shape index (κ3) is 4.70. The normalized spacial score (nSPS) is 15.8. The molecule has 0 N–H and O–H groups in total. The molecule has 132 valence electrons. The highest BCUT2D eigenvalue weighted by molar-refractivity contribution is 9.10. The van der Waals surface area contributed by atoms with E-state index in [0.717, 1.165) is 17.4 Å². The predicted octanol–water partition coefficient (Wildman–Crippen LogP) is 1.69. The summed E-state index contributed by atoms with van der Waals surface area (Å²) in [5, 5.41) is 0. The van der Waals surface area contributed by atoms with Crippen LogP contribution in [0.4, 0.5) is 0 Å². The minimum absolute atomic E-state index is 0.0131. The lowest BCUT2D eigenvalue weighted by Gasteiger charge is -2.23. The summed E-state index contributed by atoms with van der Waals surface area (Å²) in [6, 6.07) is 5.36. The maximum Gasteiger partial charge on any atom is 0.253 e. The van der Waals surface area contributed by atoms with Gasteiger partial charge in [0.25, 0.3) is 5.91 Å². The molecule has 1 aromatic rings. The molecule has 1 fully saturated rings. The van der Waals surface area contributed by atoms with Crippen molar-refractivity contribution in [1.29, 1.82) is 0 Å². The first-order valence-electron chi connectivity index (χ1n) is 7.97. The Balaban J connectivity index is 1.99. The summed E-state index contributed by atoms with van der Waals surface area (Å²) < 4.78 is 5.97. The van der Waals surface area contributed by atoms with Crippen LogP contribution in [0.3, 0.4) is 0 Å². The van der Waals surface area contributed by atoms with Crippen LogP contribution >= 0.6 is 15.9 Å². The summed E-state index contributed by atoms with van der Waals surface area (Å²) in [5.41, 5.74) is 0.639. The number of carbonyl (C=O) groups excluding carboxylic acids is 2. The number of ether oxygens (including phenoxy) is 1. The smallest absolute Gasteiger partial charge is 0.253 e. The fourth-order valence-electron chi connectivity index (χ4n) is 2.65. The number of benzene rings is 1. The summed E-state index contributed by atoms with van der Waals surface area (Å²) in [6.45, 7) is 3.28. The van der Waals surface area contributed by atoms with Crippen molar-refractivity contribution in [1.82, 2.24) is 14.7 Å². The molecule has 1 heterocycles. The zero-order chi connectivity index (χ0) is 17.7. The van der Waals surface area contributed by atoms with Crippen LogP contribution in [0.25, 0.3) is 0 Å². The number of rotatable bonds is 4. The summed E-state index contributed by atoms with van der Waals surface area (Å²) >= 11 is 3.42. The van der Waals surface area contributed by atoms with Crippen molar-refractivity contribution in [3.63, 3.8) is 0 Å². The Kier molecular flexibility index (Phi) is 6.62. The third-order valence-corrected chi connectivity index (χ3v) is 4.75. The molecular weight excluding hydrogens is 374 g/mol. The summed E-state index contributed by atoms with van der Waals surface area (Å²) in [7, 11) is 5.12. The van der Waals surface area contributed by atoms with Crippen LogP contribution in [0.2, 0.25) is 0 Å². The van der Waals surface area contributed by atoms with Crippen molar-refractivity contribution in [3.05, 3.63) is 28.2 Å². The molecule has 0 aliphatic carbocycles. The van der Waals surface area contributed by atoms with E-state index in [4.69, 9.17) is 4.74 Å². The summed E-state index contributed by atoms with van der Waals surface area (Å²) in [6.07, 6.45) is 0.865. The van der Waals surface area contributed by atoms with Gasteiger partial charge >= 0.3 is 0 Å². The van der Waals surface area contributed by atoms with Gasteiger partial charge < -0.3 is 14.5 Å². The van der Waals surface area contributed by atoms with E-state index < -0.39 is 0 Å². The predicted molar refractivity (Wildman–Crippen MR) is 96.3 cm³/mol. The molecule has 1 aliphatic heterocycles. The van der Waals surface area contributed by atoms with Gasteiger partial charge in [-0.3, -0.25) is 14.5 Å². The second-order valence-electron chi connectivity index (χ2n) is 6.06. The maximum atomic E-state index is 12.7. The lowest BCUT2D eigenvalue weighted by atomic mass is 10.2. The van der Waals surface area contributed by atoms with E-state index >= 15 is 0 Å². The highest BCUT2D eigenvalue weighted by Crippen LogP contribution is 2.26. The molecule has 24 heavy (non-hydrogen) atoms. The lowest BCUT2D eigenvalue weighted by Crippen LogP contribution is -2.39. The Morgan fingerprint density at radius 1 is 1.21 bits per heavy atom. The van der Waals surface area contributed by atoms with E-state index in [1.807, 2.05) is 4.90 Å². The molecule has 0 spiro atoms. The van der Waals surface area contributed by atoms with Gasteiger partial charge in [0.15, 0.2) is 0 Å². The van der Waals surface area contributed by atoms with Crippen molar-refractivity contribution >= 4 is 27.7 Å². The molecule has 1 aliphatic rings. The monoisotopic (exact) mass is 397 g/mol. The first-order valence-corrected chi connectivity index (χ1v) is 8.77. The Hall–Kier alpha value is -1.60. The van der Waals surface area contributed by atoms with Crippen LogP contribution in [0.5, 0.6) is 5.75 Å². The largest absolute Gasteiger partial charge is 0.496 e. The van der Waals surface area contributed by atoms with E-state index in [2.05, 4.69) is 20.8 Å². The number of hydrogen-bond acceptors (Lipinski definition) is 4. The number of amides is 2. The van der Waals surface area contributed by atoms with Crippen molar-refractivity contribution < 1.29 is 14.3 Å². The van der Waals surface area contributed by atoms with Gasteiger partial charge in [0.2, 0.25) is 5.91 Å². The molecule has 0 saturated carbocycles. The number of likely N-dealkylation sites (N-methyl/N-ethyl adjacent to an activating group) is 1. The first-order chi connectivity index (χ1) is 11.4. The highest BCUT2D eigenvalue weighted by atomic mass is 79.9. The fourth-order valence-corrected chi connectivity index (χ4v) is 3.19. The molecule has 0 aromatic heterocycles. The van der Waals surface area contributed by atoms with Crippen LogP contribution < -0.4 is 4.74 Å². The second kappa shape index (κ2) is 8.48. The number of carbonyl (C=O) groups is 2. The SMILES string of the molecule is COc1ccc(C(=O)N2CCCN(CC(=O)N(C)C)CC2)cc1Br. The van der Waals surface area contributed by atoms with E-state index in [1.54, 1.807) is 44.3 Å². The first kappa shape index (κ1) is 18.7. The molecule has 0 unspecified atom stereocenters. The Morgan fingerprint density at radius 3 is 2.58 bits per heavy atom. The van der Waals surface area contributed by atoms with Gasteiger partial charge in [0.05, 0.1) is 18.1 Å². The van der Waals surface area contributed by atoms with Crippen LogP contribution in [-0.2, 0) is 4.79 Å². The van der Waals surface area contributed by atoms with Gasteiger partial charge in [0.1, 0.15) is 5.75 Å². The van der Waals surface area contributed by atoms with E-state index in [0.29, 0.717) is 37.5 Å². The average molecular weight is 398 g/mol. The second-order valence-corrected chi connectivity index (χ2v) is 6.91. The lowest BCUT2D eigenvalue weighted by molar-refractivity contribution is -0.129. The van der Waals surface area contributed by atoms with Gasteiger partial charge in [-0.05, 0) is 40.5 Å². The number of halogens is 1. The minimum Gasteiger partial charge on any atom is -0.496 e. The molecule has 0 radical (unpaired) electrons. The van der Waals surface area contributed by atoms with E-state index in [1.165, 1.54) is 0 Å². The van der Waals surface area contributed by atoms with Gasteiger partial charge in [0, 0.05) is 45.8 Å². The van der Waals surface area contributed by atoms with Crippen molar-refractivity contribution in [2.45, 2.75) is 6.42 Å². The zero-order valence-electron chi connectivity index (χ0n) is 14.4. The van der Waals surface area contributed by atoms with Crippen molar-refractivity contribution in [2.75, 3.05) is 53.9 Å². The quantitative estimate of drug-likeness (QED) is 0.775. The van der Waals surface area contributed by atoms with Crippen LogP contribution in [0.15, 0.2) is 22.7 Å². The minimum atomic E-state index is 0.0131. The molecule has 7 heteroatoms. The summed E-state index contributed by atoms with van der Waals surface area (Å²) in [5.74, 6) is 0.809. The molecule has 0 atom stereocenters. The van der Waals surface area contributed by atoms with Gasteiger partial charge in [-0.25, -0.2) is 0 Å². The number of hydrogen-bond donors (Lipinski definition) is 0. The fraction of sp³-hybridized carbons (Fsp3) is 0.529. The Bertz CT molecular complexity index is 607. The topological polar surface area (TPSA) is 53.1 Å². The maximum absolute atomic E-state index is 12.7. The zero-order valence-corrected chi connectivity index (χ0v) is 16.0. The van der Waals surface area contributed by atoms with Crippen LogP contribution in [0.1, 0.15) is 16.8 Å². The van der Waals surface area contributed by atoms with Crippen molar-refractivity contribution in [3.8, 4) is 5.75 Å². The van der Waals surface area contributed by atoms with Gasteiger partial charge in [-0.1, -0.05) is 0 Å². The molecule has 1 saturated heterocycles. The third-order valence-electron chi connectivity index (χ3n) is 4.13. The van der Waals surface area contributed by atoms with Crippen LogP contribution in [0, 0.1) is 0 Å². The van der Waals surface area contributed by atoms with E-state index in [-0.39, 0.29) is 11.8 Å². The van der Waals surface area contributed by atoms with Crippen LogP contribution in [-0.4, -0.2) is 80.4 Å². The van der Waals surface area contributed by atoms with E-state index in [9.17, 15) is 9.59 Å². The van der Waals surface area contributed by atoms with Gasteiger partial charge in [-0.2, -0.15) is 0 Å². The molecule has 0 bridgehead atoms. The highest BCUT2D eigenvalue weighted by Gasteiger charge is 2.22. The number of methoxy groups -OCH3 is 1. The van der Waals surface area contributed by atoms with Crippen molar-refractivity contribution in [2.24, 2.45) is 0 Å². The summed E-state index contributed by atoms with van der Waals surface area (Å²) in [4.78, 5) is 30.1. The molecule has 1 aromatic carbocycles. The van der Waals surface area contributed by atoms with Gasteiger partial charge in [-0.15, -0.1) is 0 Å². The average Bonchev–Trinajstić information content (AvgIpc) is 2.79. The molecule has 2 rings (SSSR count). The molecular formula is C17H24BrN3O3. The molecule has 2 amide bonds. The number of nitrogens with zero attached hydrogens (tertiary/aromatic N) is 3. The standard InChI is InChI=1S/C17H24BrN3O3/c1-19(2)16(22)12-20-7-4-8-21(10-9-20)17(23)13-5-6-15(24-3)14(18)11-13/h5-6,11H,4,7-10,12H2,1-3H3.